The number of nitrogens with one attached hydrogen (secondary N) is 1. The predicted octanol–water partition coefficient (Wildman–Crippen LogP) is 0.361. The van der Waals surface area contributed by atoms with E-state index in [1.165, 1.54) is 4.90 Å². The van der Waals surface area contributed by atoms with Crippen LogP contribution in [0.2, 0.25) is 0 Å². The number of carbonyl (C=O) groups excluding carboxylic acids is 2. The summed E-state index contributed by atoms with van der Waals surface area (Å²) in [7, 11) is 1.54. The fraction of sp³-hybridized carbons (Fsp3) is 0.462. The lowest BCUT2D eigenvalue weighted by Gasteiger charge is -2.28. The lowest BCUT2D eigenvalue weighted by molar-refractivity contribution is -0.148. The molecule has 2 heterocycles. The third-order valence-electron chi connectivity index (χ3n) is 3.18. The third kappa shape index (κ3) is 2.92. The van der Waals surface area contributed by atoms with Gasteiger partial charge in [-0.05, 0) is 31.0 Å². The highest BCUT2D eigenvalue weighted by atomic mass is 16.2. The second-order valence-corrected chi connectivity index (χ2v) is 4.45. The van der Waals surface area contributed by atoms with Gasteiger partial charge >= 0.3 is 0 Å². The molecule has 96 valence electrons. The highest BCUT2D eigenvalue weighted by molar-refractivity contribution is 6.00. The Labute approximate surface area is 106 Å². The van der Waals surface area contributed by atoms with Crippen molar-refractivity contribution in [2.75, 3.05) is 13.6 Å². The number of nitrogens with zero attached hydrogens (tertiary/aromatic N) is 2. The van der Waals surface area contributed by atoms with Crippen LogP contribution in [0.1, 0.15) is 18.4 Å². The van der Waals surface area contributed by atoms with Gasteiger partial charge in [-0.15, -0.1) is 0 Å². The van der Waals surface area contributed by atoms with Crippen LogP contribution in [0, 0.1) is 0 Å². The van der Waals surface area contributed by atoms with E-state index in [-0.39, 0.29) is 17.9 Å². The molecule has 18 heavy (non-hydrogen) atoms. The van der Waals surface area contributed by atoms with Crippen LogP contribution in [0.5, 0.6) is 0 Å². The quantitative estimate of drug-likeness (QED) is 0.780. The molecule has 1 atom stereocenters. The summed E-state index contributed by atoms with van der Waals surface area (Å²) in [5.74, 6) is -0.220. The minimum absolute atomic E-state index is 0.0923. The molecule has 1 fully saturated rings. The molecule has 1 unspecified atom stereocenters. The zero-order valence-corrected chi connectivity index (χ0v) is 10.4. The van der Waals surface area contributed by atoms with Crippen LogP contribution in [0.3, 0.4) is 0 Å². The Balaban J connectivity index is 1.80. The zero-order valence-electron chi connectivity index (χ0n) is 10.4. The molecule has 5 heteroatoms. The summed E-state index contributed by atoms with van der Waals surface area (Å²) >= 11 is 0. The van der Waals surface area contributed by atoms with Gasteiger partial charge in [-0.2, -0.15) is 0 Å². The van der Waals surface area contributed by atoms with Crippen LogP contribution in [-0.4, -0.2) is 41.3 Å². The van der Waals surface area contributed by atoms with Gasteiger partial charge in [0, 0.05) is 25.9 Å². The van der Waals surface area contributed by atoms with Gasteiger partial charge in [0.15, 0.2) is 0 Å². The lowest BCUT2D eigenvalue weighted by Crippen LogP contribution is -2.51. The number of rotatable bonds is 4. The number of hydrogen-bond acceptors (Lipinski definition) is 4. The van der Waals surface area contributed by atoms with Gasteiger partial charge in [-0.1, -0.05) is 6.07 Å². The molecule has 0 bridgehead atoms. The summed E-state index contributed by atoms with van der Waals surface area (Å²) in [6, 6.07) is 3.67. The van der Waals surface area contributed by atoms with Gasteiger partial charge in [0.25, 0.3) is 0 Å². The van der Waals surface area contributed by atoms with Crippen LogP contribution < -0.4 is 5.32 Å². The molecule has 0 radical (unpaired) electrons. The number of imide groups is 1. The van der Waals surface area contributed by atoms with Crippen molar-refractivity contribution < 1.29 is 9.59 Å². The molecular formula is C13H17N3O2. The average Bonchev–Trinajstić information content (AvgIpc) is 2.40. The van der Waals surface area contributed by atoms with E-state index in [0.29, 0.717) is 19.4 Å². The van der Waals surface area contributed by atoms with Gasteiger partial charge in [-0.3, -0.25) is 19.5 Å². The number of hydrogen-bond donors (Lipinski definition) is 1. The standard InChI is InChI=1S/C13H17N3O2/c1-16-12(17)5-4-11(13(16)18)15-8-6-10-3-2-7-14-9-10/h2-3,7,9,11,15H,4-6,8H2,1H3. The zero-order chi connectivity index (χ0) is 13.0. The fourth-order valence-electron chi connectivity index (χ4n) is 2.04. The summed E-state index contributed by atoms with van der Waals surface area (Å²) < 4.78 is 0. The summed E-state index contributed by atoms with van der Waals surface area (Å²) in [5, 5.41) is 3.20. The molecule has 0 saturated carbocycles. The molecule has 0 aliphatic carbocycles. The molecule has 2 amide bonds. The van der Waals surface area contributed by atoms with Gasteiger partial charge in [0.1, 0.15) is 0 Å². The Bertz CT molecular complexity index is 433. The topological polar surface area (TPSA) is 62.3 Å². The number of piperidine rings is 1. The van der Waals surface area contributed by atoms with E-state index in [2.05, 4.69) is 10.3 Å². The van der Waals surface area contributed by atoms with Crippen molar-refractivity contribution in [3.05, 3.63) is 30.1 Å². The molecule has 1 N–H and O–H groups in total. The minimum Gasteiger partial charge on any atom is -0.306 e. The van der Waals surface area contributed by atoms with Crippen molar-refractivity contribution in [2.24, 2.45) is 0 Å². The van der Waals surface area contributed by atoms with Gasteiger partial charge in [-0.25, -0.2) is 0 Å². The maximum Gasteiger partial charge on any atom is 0.246 e. The molecule has 0 spiro atoms. The SMILES string of the molecule is CN1C(=O)CCC(NCCc2cccnc2)C1=O. The Morgan fingerprint density at radius 3 is 3.06 bits per heavy atom. The van der Waals surface area contributed by atoms with Crippen LogP contribution in [0.15, 0.2) is 24.5 Å². The van der Waals surface area contributed by atoms with Crippen LogP contribution >= 0.6 is 0 Å². The Morgan fingerprint density at radius 2 is 2.33 bits per heavy atom. The number of carbonyl (C=O) groups is 2. The molecule has 0 aromatic carbocycles. The largest absolute Gasteiger partial charge is 0.306 e. The minimum atomic E-state index is -0.232. The van der Waals surface area contributed by atoms with Gasteiger partial charge < -0.3 is 5.32 Å². The van der Waals surface area contributed by atoms with E-state index in [9.17, 15) is 9.59 Å². The van der Waals surface area contributed by atoms with E-state index in [1.54, 1.807) is 13.2 Å². The summed E-state index contributed by atoms with van der Waals surface area (Å²) in [6.45, 7) is 0.712. The Morgan fingerprint density at radius 1 is 1.50 bits per heavy atom. The van der Waals surface area contributed by atoms with Crippen LogP contribution in [-0.2, 0) is 16.0 Å². The lowest BCUT2D eigenvalue weighted by atomic mass is 10.0. The van der Waals surface area contributed by atoms with E-state index in [4.69, 9.17) is 0 Å². The predicted molar refractivity (Wildman–Crippen MR) is 66.7 cm³/mol. The van der Waals surface area contributed by atoms with Crippen molar-refractivity contribution in [1.29, 1.82) is 0 Å². The first-order valence-electron chi connectivity index (χ1n) is 6.11. The van der Waals surface area contributed by atoms with E-state index >= 15 is 0 Å². The summed E-state index contributed by atoms with van der Waals surface area (Å²) in [6.07, 6.45) is 5.42. The molecule has 1 aliphatic rings. The highest BCUT2D eigenvalue weighted by Gasteiger charge is 2.30. The summed E-state index contributed by atoms with van der Waals surface area (Å²) in [4.78, 5) is 28.4. The van der Waals surface area contributed by atoms with Crippen molar-refractivity contribution >= 4 is 11.8 Å². The van der Waals surface area contributed by atoms with E-state index in [0.717, 1.165) is 12.0 Å². The fourth-order valence-corrected chi connectivity index (χ4v) is 2.04. The molecule has 1 aromatic rings. The number of aromatic nitrogens is 1. The molecule has 1 saturated heterocycles. The molecule has 1 aliphatic heterocycles. The van der Waals surface area contributed by atoms with Crippen molar-refractivity contribution in [3.63, 3.8) is 0 Å². The van der Waals surface area contributed by atoms with E-state index in [1.807, 2.05) is 18.3 Å². The summed E-state index contributed by atoms with van der Waals surface area (Å²) in [5.41, 5.74) is 1.14. The number of pyridine rings is 1. The maximum absolute atomic E-state index is 11.8. The molecular weight excluding hydrogens is 230 g/mol. The molecule has 2 rings (SSSR count). The first-order chi connectivity index (χ1) is 8.68. The highest BCUT2D eigenvalue weighted by Crippen LogP contribution is 2.11. The van der Waals surface area contributed by atoms with Crippen molar-refractivity contribution in [2.45, 2.75) is 25.3 Å². The maximum atomic E-state index is 11.8. The van der Waals surface area contributed by atoms with Crippen LogP contribution in [0.4, 0.5) is 0 Å². The first-order valence-corrected chi connectivity index (χ1v) is 6.11. The van der Waals surface area contributed by atoms with Crippen molar-refractivity contribution in [3.8, 4) is 0 Å². The third-order valence-corrected chi connectivity index (χ3v) is 3.18. The van der Waals surface area contributed by atoms with Gasteiger partial charge in [0.2, 0.25) is 11.8 Å². The normalized spacial score (nSPS) is 20.3. The van der Waals surface area contributed by atoms with Gasteiger partial charge in [0.05, 0.1) is 6.04 Å². The van der Waals surface area contributed by atoms with Crippen LogP contribution in [0.25, 0.3) is 0 Å². The Hall–Kier alpha value is -1.75. The van der Waals surface area contributed by atoms with Crippen molar-refractivity contribution in [1.82, 2.24) is 15.2 Å². The second kappa shape index (κ2) is 5.73. The number of likely N-dealkylation sites (N-methyl/N-ethyl adjacent to an activating group) is 1. The molecule has 5 nitrogen and oxygen atoms in total. The smallest absolute Gasteiger partial charge is 0.246 e. The Kier molecular flexibility index (Phi) is 4.04. The number of likely N-dealkylation sites (tertiary alicyclic amines) is 1. The monoisotopic (exact) mass is 247 g/mol. The molecule has 1 aromatic heterocycles. The van der Waals surface area contributed by atoms with E-state index < -0.39 is 0 Å². The average molecular weight is 247 g/mol. The second-order valence-electron chi connectivity index (χ2n) is 4.45. The first kappa shape index (κ1) is 12.7. The number of amides is 2.